The van der Waals surface area contributed by atoms with Crippen LogP contribution in [0.1, 0.15) is 16.1 Å². The summed E-state index contributed by atoms with van der Waals surface area (Å²) >= 11 is 7.63. The lowest BCUT2D eigenvalue weighted by Gasteiger charge is -2.14. The highest BCUT2D eigenvalue weighted by atomic mass is 35.5. The number of aliphatic carboxylic acids is 1. The minimum atomic E-state index is -0.845. The van der Waals surface area contributed by atoms with Crippen molar-refractivity contribution in [3.63, 3.8) is 0 Å². The maximum Gasteiger partial charge on any atom is 0.308 e. The molecule has 1 aliphatic rings. The van der Waals surface area contributed by atoms with E-state index in [1.165, 1.54) is 11.3 Å². The Morgan fingerprint density at radius 1 is 1.35 bits per heavy atom. The van der Waals surface area contributed by atoms with E-state index in [-0.39, 0.29) is 12.5 Å². The number of carboxylic acid groups (broad SMARTS) is 1. The van der Waals surface area contributed by atoms with Gasteiger partial charge in [-0.1, -0.05) is 29.8 Å². The van der Waals surface area contributed by atoms with E-state index in [1.807, 2.05) is 24.3 Å². The number of hydrogen-bond donors (Lipinski definition) is 1. The Labute approximate surface area is 124 Å². The molecule has 0 saturated carbocycles. The normalized spacial score (nSPS) is 18.6. The summed E-state index contributed by atoms with van der Waals surface area (Å²) in [5.41, 5.74) is 0. The summed E-state index contributed by atoms with van der Waals surface area (Å²) in [5.74, 6) is -1.48. The molecule has 0 radical (unpaired) electrons. The number of carbonyl (C=O) groups is 2. The summed E-state index contributed by atoms with van der Waals surface area (Å²) in [6, 6.07) is 7.59. The highest BCUT2D eigenvalue weighted by molar-refractivity contribution is 7.21. The fourth-order valence-corrected chi connectivity index (χ4v) is 3.92. The maximum absolute atomic E-state index is 12.5. The van der Waals surface area contributed by atoms with Crippen molar-refractivity contribution in [2.24, 2.45) is 5.92 Å². The van der Waals surface area contributed by atoms with Gasteiger partial charge < -0.3 is 10.0 Å². The van der Waals surface area contributed by atoms with E-state index >= 15 is 0 Å². The minimum absolute atomic E-state index is 0.167. The highest BCUT2D eigenvalue weighted by Crippen LogP contribution is 2.36. The number of thiophene rings is 1. The quantitative estimate of drug-likeness (QED) is 0.927. The number of halogens is 1. The topological polar surface area (TPSA) is 57.6 Å². The van der Waals surface area contributed by atoms with Crippen LogP contribution in [0.25, 0.3) is 10.1 Å². The van der Waals surface area contributed by atoms with Crippen LogP contribution in [0.3, 0.4) is 0 Å². The fourth-order valence-electron chi connectivity index (χ4n) is 2.44. The number of amides is 1. The van der Waals surface area contributed by atoms with Gasteiger partial charge in [0.25, 0.3) is 5.91 Å². The van der Waals surface area contributed by atoms with Gasteiger partial charge in [-0.15, -0.1) is 11.3 Å². The number of likely N-dealkylation sites (tertiary alicyclic amines) is 1. The molecule has 0 spiro atoms. The smallest absolute Gasteiger partial charge is 0.308 e. The molecule has 0 aliphatic carbocycles. The van der Waals surface area contributed by atoms with Crippen LogP contribution in [0.4, 0.5) is 0 Å². The third kappa shape index (κ3) is 2.17. The molecule has 1 unspecified atom stereocenters. The zero-order chi connectivity index (χ0) is 14.3. The van der Waals surface area contributed by atoms with Crippen LogP contribution < -0.4 is 0 Å². The van der Waals surface area contributed by atoms with E-state index in [0.29, 0.717) is 22.9 Å². The fraction of sp³-hybridized carbons (Fsp3) is 0.286. The molecule has 1 fully saturated rings. The van der Waals surface area contributed by atoms with Crippen LogP contribution in [0, 0.1) is 5.92 Å². The molecular formula is C14H12ClNO3S. The van der Waals surface area contributed by atoms with Gasteiger partial charge in [0.1, 0.15) is 4.88 Å². The molecule has 104 valence electrons. The summed E-state index contributed by atoms with van der Waals surface area (Å²) in [7, 11) is 0. The Hall–Kier alpha value is -1.59. The van der Waals surface area contributed by atoms with Crippen molar-refractivity contribution in [3.05, 3.63) is 34.2 Å². The average Bonchev–Trinajstić information content (AvgIpc) is 3.04. The lowest BCUT2D eigenvalue weighted by atomic mass is 10.1. The molecule has 1 N–H and O–H groups in total. The van der Waals surface area contributed by atoms with E-state index in [1.54, 1.807) is 4.90 Å². The van der Waals surface area contributed by atoms with Gasteiger partial charge in [0, 0.05) is 23.2 Å². The Bertz CT molecular complexity index is 697. The Morgan fingerprint density at radius 3 is 2.75 bits per heavy atom. The van der Waals surface area contributed by atoms with Crippen LogP contribution in [0.2, 0.25) is 5.02 Å². The van der Waals surface area contributed by atoms with Gasteiger partial charge in [0.15, 0.2) is 0 Å². The first-order valence-electron chi connectivity index (χ1n) is 6.27. The van der Waals surface area contributed by atoms with Crippen molar-refractivity contribution in [3.8, 4) is 0 Å². The molecule has 2 aromatic rings. The molecule has 0 bridgehead atoms. The number of rotatable bonds is 2. The largest absolute Gasteiger partial charge is 0.481 e. The lowest BCUT2D eigenvalue weighted by Crippen LogP contribution is -2.29. The van der Waals surface area contributed by atoms with Gasteiger partial charge in [0.2, 0.25) is 0 Å². The van der Waals surface area contributed by atoms with Crippen molar-refractivity contribution >= 4 is 44.9 Å². The molecule has 6 heteroatoms. The second-order valence-corrected chi connectivity index (χ2v) is 6.25. The zero-order valence-electron chi connectivity index (χ0n) is 10.5. The Morgan fingerprint density at radius 2 is 2.10 bits per heavy atom. The van der Waals surface area contributed by atoms with Crippen LogP contribution >= 0.6 is 22.9 Å². The van der Waals surface area contributed by atoms with Gasteiger partial charge >= 0.3 is 5.97 Å². The molecule has 3 rings (SSSR count). The molecule has 1 aromatic heterocycles. The number of carbonyl (C=O) groups excluding carboxylic acids is 1. The first-order chi connectivity index (χ1) is 9.58. The van der Waals surface area contributed by atoms with Crippen molar-refractivity contribution in [1.82, 2.24) is 4.90 Å². The maximum atomic E-state index is 12.5. The second-order valence-electron chi connectivity index (χ2n) is 4.82. The number of benzene rings is 1. The SMILES string of the molecule is O=C(O)C1CCN(C(=O)c2sc3ccccc3c2Cl)C1. The van der Waals surface area contributed by atoms with Crippen LogP contribution in [0.5, 0.6) is 0 Å². The summed E-state index contributed by atoms with van der Waals surface area (Å²) in [6.07, 6.45) is 0.504. The van der Waals surface area contributed by atoms with Crippen molar-refractivity contribution in [2.45, 2.75) is 6.42 Å². The van der Waals surface area contributed by atoms with Crippen LogP contribution in [-0.2, 0) is 4.79 Å². The standard InChI is InChI=1S/C14H12ClNO3S/c15-11-9-3-1-2-4-10(9)20-12(11)13(17)16-6-5-8(7-16)14(18)19/h1-4,8H,5-7H2,(H,18,19). The molecule has 1 atom stereocenters. The van der Waals surface area contributed by atoms with E-state index in [0.717, 1.165) is 10.1 Å². The Balaban J connectivity index is 1.90. The molecule has 1 aliphatic heterocycles. The lowest BCUT2D eigenvalue weighted by molar-refractivity contribution is -0.141. The zero-order valence-corrected chi connectivity index (χ0v) is 12.1. The van der Waals surface area contributed by atoms with Gasteiger partial charge in [-0.25, -0.2) is 0 Å². The van der Waals surface area contributed by atoms with E-state index in [4.69, 9.17) is 16.7 Å². The van der Waals surface area contributed by atoms with Gasteiger partial charge in [-0.2, -0.15) is 0 Å². The number of carboxylic acids is 1. The van der Waals surface area contributed by atoms with Gasteiger partial charge in [-0.3, -0.25) is 9.59 Å². The molecule has 20 heavy (non-hydrogen) atoms. The third-order valence-electron chi connectivity index (χ3n) is 3.55. The van der Waals surface area contributed by atoms with Crippen molar-refractivity contribution < 1.29 is 14.7 Å². The number of nitrogens with zero attached hydrogens (tertiary/aromatic N) is 1. The van der Waals surface area contributed by atoms with Crippen LogP contribution in [-0.4, -0.2) is 35.0 Å². The average molecular weight is 310 g/mol. The van der Waals surface area contributed by atoms with E-state index in [2.05, 4.69) is 0 Å². The third-order valence-corrected chi connectivity index (χ3v) is 5.22. The number of fused-ring (bicyclic) bond motifs is 1. The molecule has 2 heterocycles. The Kier molecular flexibility index (Phi) is 3.40. The van der Waals surface area contributed by atoms with Gasteiger partial charge in [0.05, 0.1) is 10.9 Å². The molecule has 4 nitrogen and oxygen atoms in total. The second kappa shape index (κ2) is 5.07. The molecular weight excluding hydrogens is 298 g/mol. The molecule has 1 aromatic carbocycles. The summed E-state index contributed by atoms with van der Waals surface area (Å²) in [6.45, 7) is 0.735. The van der Waals surface area contributed by atoms with E-state index in [9.17, 15) is 9.59 Å². The van der Waals surface area contributed by atoms with Crippen LogP contribution in [0.15, 0.2) is 24.3 Å². The minimum Gasteiger partial charge on any atom is -0.481 e. The predicted octanol–water partition coefficient (Wildman–Crippen LogP) is 3.10. The summed E-state index contributed by atoms with van der Waals surface area (Å²) in [5, 5.41) is 10.3. The summed E-state index contributed by atoms with van der Waals surface area (Å²) in [4.78, 5) is 25.5. The first-order valence-corrected chi connectivity index (χ1v) is 7.46. The molecule has 1 amide bonds. The highest BCUT2D eigenvalue weighted by Gasteiger charge is 2.32. The number of hydrogen-bond acceptors (Lipinski definition) is 3. The van der Waals surface area contributed by atoms with E-state index < -0.39 is 11.9 Å². The van der Waals surface area contributed by atoms with Crippen molar-refractivity contribution in [2.75, 3.05) is 13.1 Å². The predicted molar refractivity (Wildman–Crippen MR) is 78.5 cm³/mol. The van der Waals surface area contributed by atoms with Gasteiger partial charge in [-0.05, 0) is 12.5 Å². The van der Waals surface area contributed by atoms with Crippen molar-refractivity contribution in [1.29, 1.82) is 0 Å². The molecule has 1 saturated heterocycles. The monoisotopic (exact) mass is 309 g/mol. The summed E-state index contributed by atoms with van der Waals surface area (Å²) < 4.78 is 0.967. The first kappa shape index (κ1) is 13.4.